The highest BCUT2D eigenvalue weighted by molar-refractivity contribution is 5.81. The molecule has 0 amide bonds. The summed E-state index contributed by atoms with van der Waals surface area (Å²) in [6, 6.07) is 10.2. The van der Waals surface area contributed by atoms with Gasteiger partial charge in [0.15, 0.2) is 0 Å². The molecule has 2 saturated heterocycles. The summed E-state index contributed by atoms with van der Waals surface area (Å²) in [5.74, 6) is 0.493. The zero-order valence-corrected chi connectivity index (χ0v) is 17.7. The second-order valence-corrected chi connectivity index (χ2v) is 9.30. The van der Waals surface area contributed by atoms with E-state index in [1.165, 1.54) is 12.6 Å². The number of rotatable bonds is 4. The van der Waals surface area contributed by atoms with Gasteiger partial charge in [0.25, 0.3) is 0 Å². The van der Waals surface area contributed by atoms with Crippen LogP contribution in [0.5, 0.6) is 11.6 Å². The van der Waals surface area contributed by atoms with E-state index in [0.29, 0.717) is 28.4 Å². The minimum absolute atomic E-state index is 0.0445. The number of piperidine rings is 2. The molecule has 31 heavy (non-hydrogen) atoms. The van der Waals surface area contributed by atoms with E-state index >= 15 is 0 Å². The molecule has 3 aromatic rings. The number of hydrogen-bond donors (Lipinski definition) is 2. The van der Waals surface area contributed by atoms with Crippen LogP contribution < -0.4 is 10.1 Å². The molecule has 2 fully saturated rings. The maximum absolute atomic E-state index is 13.9. The molecule has 0 aliphatic carbocycles. The number of para-hydroxylation sites is 1. The number of aromatic hydroxyl groups is 1. The van der Waals surface area contributed by atoms with Crippen LogP contribution in [-0.2, 0) is 0 Å². The molecule has 4 heterocycles. The van der Waals surface area contributed by atoms with Gasteiger partial charge in [-0.2, -0.15) is 0 Å². The zero-order chi connectivity index (χ0) is 21.6. The van der Waals surface area contributed by atoms with Gasteiger partial charge in [0, 0.05) is 41.1 Å². The molecule has 7 nitrogen and oxygen atoms in total. The van der Waals surface area contributed by atoms with Gasteiger partial charge in [-0.05, 0) is 45.2 Å². The first-order valence-corrected chi connectivity index (χ1v) is 10.7. The fourth-order valence-electron chi connectivity index (χ4n) is 5.30. The van der Waals surface area contributed by atoms with Crippen LogP contribution in [0.25, 0.3) is 22.5 Å². The fraction of sp³-hybridized carbons (Fsp3) is 0.435. The molecule has 2 aliphatic rings. The molecule has 5 rings (SSSR count). The maximum Gasteiger partial charge on any atom is 0.233 e. The van der Waals surface area contributed by atoms with E-state index in [1.807, 2.05) is 0 Å². The highest BCUT2D eigenvalue weighted by atomic mass is 19.2. The van der Waals surface area contributed by atoms with Crippen LogP contribution in [0.3, 0.4) is 0 Å². The Morgan fingerprint density at radius 1 is 1.06 bits per heavy atom. The summed E-state index contributed by atoms with van der Waals surface area (Å²) in [4.78, 5) is 0.221. The quantitative estimate of drug-likeness (QED) is 0.652. The Bertz CT molecular complexity index is 1080. The van der Waals surface area contributed by atoms with Crippen LogP contribution in [0, 0.1) is 0 Å². The molecule has 2 N–H and O–H groups in total. The Hall–Kier alpha value is -3.00. The molecule has 162 valence electrons. The van der Waals surface area contributed by atoms with Crippen LogP contribution in [-0.4, -0.2) is 42.5 Å². The van der Waals surface area contributed by atoms with E-state index in [-0.39, 0.29) is 27.8 Å². The molecule has 2 aromatic heterocycles. The first-order valence-electron chi connectivity index (χ1n) is 10.7. The molecule has 2 aliphatic heterocycles. The third-order valence-electron chi connectivity index (χ3n) is 6.47. The van der Waals surface area contributed by atoms with Crippen molar-refractivity contribution in [2.75, 3.05) is 0 Å². The first kappa shape index (κ1) is 19.9. The minimum Gasteiger partial charge on any atom is -0.507 e. The molecule has 2 bridgehead atoms. The van der Waals surface area contributed by atoms with Crippen LogP contribution >= 0.6 is 0 Å². The lowest BCUT2D eigenvalue weighted by atomic mass is 9.70. The Morgan fingerprint density at radius 3 is 2.48 bits per heavy atom. The van der Waals surface area contributed by atoms with Crippen molar-refractivity contribution < 1.29 is 14.3 Å². The van der Waals surface area contributed by atoms with E-state index in [1.54, 1.807) is 36.4 Å². The van der Waals surface area contributed by atoms with Gasteiger partial charge in [0.1, 0.15) is 23.2 Å². The smallest absolute Gasteiger partial charge is 0.233 e. The van der Waals surface area contributed by atoms with Gasteiger partial charge in [0.2, 0.25) is 5.88 Å². The summed E-state index contributed by atoms with van der Waals surface area (Å²) in [6.45, 7) is 4.53. The van der Waals surface area contributed by atoms with E-state index in [2.05, 4.69) is 34.5 Å². The van der Waals surface area contributed by atoms with Crippen molar-refractivity contribution in [1.29, 1.82) is 0 Å². The van der Waals surface area contributed by atoms with Crippen molar-refractivity contribution in [2.45, 2.75) is 63.1 Å². The highest BCUT2D eigenvalue weighted by Gasteiger charge is 2.46. The molecule has 8 heteroatoms. The topological polar surface area (TPSA) is 85.1 Å². The summed E-state index contributed by atoms with van der Waals surface area (Å²) >= 11 is 0. The van der Waals surface area contributed by atoms with Gasteiger partial charge >= 0.3 is 0 Å². The monoisotopic (exact) mass is 423 g/mol. The Balaban J connectivity index is 1.38. The normalized spacial score (nSPS) is 27.8. The van der Waals surface area contributed by atoms with Gasteiger partial charge in [-0.15, -0.1) is 20.2 Å². The summed E-state index contributed by atoms with van der Waals surface area (Å²) in [6.07, 6.45) is 6.67. The van der Waals surface area contributed by atoms with Crippen molar-refractivity contribution in [3.05, 3.63) is 42.6 Å². The minimum atomic E-state index is 0.0445. The van der Waals surface area contributed by atoms with Crippen molar-refractivity contribution in [3.8, 4) is 34.1 Å². The SMILES string of the molecule is CC12CCCC(C)(CC(Oc3ccc(-c4nn(F)cc4-c4ccccc4O)nn3)C1)N2. The summed E-state index contributed by atoms with van der Waals surface area (Å²) in [5, 5.41) is 26.3. The molecule has 2 unspecified atom stereocenters. The Morgan fingerprint density at radius 2 is 1.81 bits per heavy atom. The number of aromatic nitrogens is 4. The van der Waals surface area contributed by atoms with Gasteiger partial charge in [0.05, 0.1) is 6.20 Å². The first-order chi connectivity index (χ1) is 14.8. The van der Waals surface area contributed by atoms with Gasteiger partial charge in [-0.25, -0.2) is 0 Å². The largest absolute Gasteiger partial charge is 0.507 e. The Labute approximate surface area is 180 Å². The second-order valence-electron chi connectivity index (χ2n) is 9.30. The van der Waals surface area contributed by atoms with Crippen LogP contribution in [0.4, 0.5) is 4.48 Å². The van der Waals surface area contributed by atoms with Gasteiger partial charge < -0.3 is 15.2 Å². The number of phenolic OH excluding ortho intramolecular Hbond substituents is 1. The van der Waals surface area contributed by atoms with E-state index in [0.717, 1.165) is 25.7 Å². The number of nitrogens with zero attached hydrogens (tertiary/aromatic N) is 4. The number of hydrogen-bond acceptors (Lipinski definition) is 6. The predicted octanol–water partition coefficient (Wildman–Crippen LogP) is 4.28. The van der Waals surface area contributed by atoms with Crippen LogP contribution in [0.2, 0.25) is 0 Å². The molecule has 1 aromatic carbocycles. The van der Waals surface area contributed by atoms with Gasteiger partial charge in [-0.3, -0.25) is 0 Å². The maximum atomic E-state index is 13.9. The number of halogens is 1. The highest BCUT2D eigenvalue weighted by Crippen LogP contribution is 2.41. The molecule has 0 spiro atoms. The average Bonchev–Trinajstić information content (AvgIpc) is 3.09. The third-order valence-corrected chi connectivity index (χ3v) is 6.47. The fourth-order valence-corrected chi connectivity index (χ4v) is 5.30. The number of phenols is 1. The molecular weight excluding hydrogens is 397 g/mol. The van der Waals surface area contributed by atoms with Crippen molar-refractivity contribution in [3.63, 3.8) is 0 Å². The molecule has 0 radical (unpaired) electrons. The lowest BCUT2D eigenvalue weighted by molar-refractivity contribution is 0.00727. The van der Waals surface area contributed by atoms with E-state index in [4.69, 9.17) is 4.74 Å². The molecule has 0 saturated carbocycles. The Kier molecular flexibility index (Phi) is 4.69. The number of ether oxygens (including phenoxy) is 1. The van der Waals surface area contributed by atoms with Gasteiger partial charge in [-0.1, -0.05) is 22.7 Å². The zero-order valence-electron chi connectivity index (χ0n) is 17.7. The summed E-state index contributed by atoms with van der Waals surface area (Å²) < 4.78 is 20.1. The number of nitrogens with one attached hydrogen (secondary N) is 1. The van der Waals surface area contributed by atoms with Crippen molar-refractivity contribution in [2.24, 2.45) is 0 Å². The molecule has 2 atom stereocenters. The lowest BCUT2D eigenvalue weighted by Crippen LogP contribution is -2.65. The van der Waals surface area contributed by atoms with E-state index < -0.39 is 0 Å². The second kappa shape index (κ2) is 7.30. The van der Waals surface area contributed by atoms with Crippen molar-refractivity contribution in [1.82, 2.24) is 25.5 Å². The van der Waals surface area contributed by atoms with E-state index in [9.17, 15) is 9.59 Å². The number of benzene rings is 1. The lowest BCUT2D eigenvalue weighted by Gasteiger charge is -2.53. The average molecular weight is 423 g/mol. The predicted molar refractivity (Wildman–Crippen MR) is 114 cm³/mol. The third kappa shape index (κ3) is 3.87. The van der Waals surface area contributed by atoms with Crippen molar-refractivity contribution >= 4 is 0 Å². The summed E-state index contributed by atoms with van der Waals surface area (Å²) in [5.41, 5.74) is 1.80. The standard InChI is InChI=1S/C23H26FN5O2/c1-22-10-5-11-23(2,28-22)13-15(12-22)31-20-9-8-18(25-26-20)21-17(14-29(24)27-21)16-6-3-4-7-19(16)30/h3-4,6-9,14-15,28,30H,5,10-13H2,1-2H3. The summed E-state index contributed by atoms with van der Waals surface area (Å²) in [7, 11) is 0. The molecular formula is C23H26FN5O2. The van der Waals surface area contributed by atoms with Crippen LogP contribution in [0.1, 0.15) is 46.0 Å². The van der Waals surface area contributed by atoms with Crippen LogP contribution in [0.15, 0.2) is 42.6 Å². The number of fused-ring (bicyclic) bond motifs is 2.